The summed E-state index contributed by atoms with van der Waals surface area (Å²) in [5.74, 6) is 0.599. The molecule has 1 amide bonds. The molecule has 1 saturated carbocycles. The quantitative estimate of drug-likeness (QED) is 0.917. The average molecular weight is 279 g/mol. The molecule has 1 aromatic heterocycles. The van der Waals surface area contributed by atoms with Crippen LogP contribution in [0.5, 0.6) is 0 Å². The van der Waals surface area contributed by atoms with Gasteiger partial charge in [-0.05, 0) is 44.7 Å². The summed E-state index contributed by atoms with van der Waals surface area (Å²) in [4.78, 5) is 19.8. The molecule has 1 N–H and O–H groups in total. The molecule has 1 unspecified atom stereocenters. The first kappa shape index (κ1) is 13.1. The van der Waals surface area contributed by atoms with Crippen LogP contribution in [0.1, 0.15) is 29.1 Å². The van der Waals surface area contributed by atoms with E-state index in [0.29, 0.717) is 17.9 Å². The first-order chi connectivity index (χ1) is 9.11. The number of amides is 1. The predicted molar refractivity (Wildman–Crippen MR) is 76.0 cm³/mol. The van der Waals surface area contributed by atoms with Gasteiger partial charge in [0.05, 0.1) is 11.6 Å². The maximum atomic E-state index is 12.5. The van der Waals surface area contributed by atoms with E-state index in [-0.39, 0.29) is 5.92 Å². The second-order valence-corrected chi connectivity index (χ2v) is 7.23. The third-order valence-corrected chi connectivity index (χ3v) is 5.42. The summed E-state index contributed by atoms with van der Waals surface area (Å²) in [6.07, 6.45) is 5.31. The number of carbonyl (C=O) groups is 1. The molecule has 2 heterocycles. The van der Waals surface area contributed by atoms with Gasteiger partial charge in [0.2, 0.25) is 5.91 Å². The van der Waals surface area contributed by atoms with Crippen LogP contribution in [0.4, 0.5) is 0 Å². The van der Waals surface area contributed by atoms with E-state index in [9.17, 15) is 4.79 Å². The summed E-state index contributed by atoms with van der Waals surface area (Å²) >= 11 is 1.68. The summed E-state index contributed by atoms with van der Waals surface area (Å²) in [6, 6.07) is 0. The average Bonchev–Trinajstić information content (AvgIpc) is 2.92. The van der Waals surface area contributed by atoms with Crippen molar-refractivity contribution in [3.63, 3.8) is 0 Å². The Labute approximate surface area is 118 Å². The highest BCUT2D eigenvalue weighted by Crippen LogP contribution is 2.59. The lowest BCUT2D eigenvalue weighted by molar-refractivity contribution is -0.132. The number of piperidine rings is 1. The van der Waals surface area contributed by atoms with Crippen molar-refractivity contribution >= 4 is 17.2 Å². The van der Waals surface area contributed by atoms with Crippen molar-refractivity contribution in [2.45, 2.75) is 32.7 Å². The van der Waals surface area contributed by atoms with Gasteiger partial charge in [-0.3, -0.25) is 4.79 Å². The summed E-state index contributed by atoms with van der Waals surface area (Å²) in [7, 11) is 1.92. The van der Waals surface area contributed by atoms with Gasteiger partial charge in [0.1, 0.15) is 0 Å². The number of nitrogens with one attached hydrogen (secondary N) is 1. The Balaban J connectivity index is 1.59. The van der Waals surface area contributed by atoms with Crippen LogP contribution in [-0.2, 0) is 11.3 Å². The van der Waals surface area contributed by atoms with E-state index in [4.69, 9.17) is 0 Å². The van der Waals surface area contributed by atoms with Crippen molar-refractivity contribution in [1.82, 2.24) is 15.2 Å². The smallest absolute Gasteiger partial charge is 0.226 e. The Hall–Kier alpha value is -0.940. The molecule has 0 bridgehead atoms. The predicted octanol–water partition coefficient (Wildman–Crippen LogP) is 1.80. The van der Waals surface area contributed by atoms with Gasteiger partial charge >= 0.3 is 0 Å². The number of aryl methyl sites for hydroxylation is 1. The standard InChI is InChI=1S/C14H21N3OS/c1-10-16-8-11(19-10)9-17(2)13(18)12-7-14(12)3-5-15-6-4-14/h8,12,15H,3-7,9H2,1-2H3. The Morgan fingerprint density at radius 2 is 2.32 bits per heavy atom. The van der Waals surface area contributed by atoms with Gasteiger partial charge in [-0.2, -0.15) is 0 Å². The van der Waals surface area contributed by atoms with Crippen molar-refractivity contribution in [2.75, 3.05) is 20.1 Å². The number of rotatable bonds is 3. The van der Waals surface area contributed by atoms with Crippen molar-refractivity contribution in [3.8, 4) is 0 Å². The number of aromatic nitrogens is 1. The fourth-order valence-corrected chi connectivity index (χ4v) is 4.08. The van der Waals surface area contributed by atoms with Crippen LogP contribution in [0.25, 0.3) is 0 Å². The first-order valence-corrected chi connectivity index (χ1v) is 7.79. The van der Waals surface area contributed by atoms with Gasteiger partial charge in [0, 0.05) is 24.0 Å². The maximum absolute atomic E-state index is 12.5. The molecule has 1 aliphatic carbocycles. The van der Waals surface area contributed by atoms with Crippen molar-refractivity contribution in [3.05, 3.63) is 16.1 Å². The SMILES string of the molecule is Cc1ncc(CN(C)C(=O)C2CC23CCNCC3)s1. The summed E-state index contributed by atoms with van der Waals surface area (Å²) in [6.45, 7) is 4.85. The van der Waals surface area contributed by atoms with Gasteiger partial charge in [-0.1, -0.05) is 0 Å². The van der Waals surface area contributed by atoms with Crippen molar-refractivity contribution < 1.29 is 4.79 Å². The number of carbonyl (C=O) groups excluding carboxylic acids is 1. The molecule has 1 spiro atoms. The van der Waals surface area contributed by atoms with Crippen LogP contribution < -0.4 is 5.32 Å². The second-order valence-electron chi connectivity index (χ2n) is 5.91. The zero-order valence-corrected chi connectivity index (χ0v) is 12.4. The molecule has 1 aromatic rings. The number of hydrogen-bond donors (Lipinski definition) is 1. The lowest BCUT2D eigenvalue weighted by Crippen LogP contribution is -2.34. The zero-order chi connectivity index (χ0) is 13.5. The van der Waals surface area contributed by atoms with E-state index in [1.807, 2.05) is 25.1 Å². The van der Waals surface area contributed by atoms with Crippen LogP contribution in [-0.4, -0.2) is 35.9 Å². The molecule has 0 radical (unpaired) electrons. The minimum atomic E-state index is 0.272. The molecular weight excluding hydrogens is 258 g/mol. The van der Waals surface area contributed by atoms with Crippen LogP contribution in [0.15, 0.2) is 6.20 Å². The largest absolute Gasteiger partial charge is 0.340 e. The van der Waals surface area contributed by atoms with E-state index < -0.39 is 0 Å². The molecular formula is C14H21N3OS. The molecule has 1 atom stereocenters. The summed E-state index contributed by atoms with van der Waals surface area (Å²) < 4.78 is 0. The molecule has 4 nitrogen and oxygen atoms in total. The Morgan fingerprint density at radius 3 is 2.95 bits per heavy atom. The first-order valence-electron chi connectivity index (χ1n) is 6.98. The van der Waals surface area contributed by atoms with Crippen LogP contribution in [0.3, 0.4) is 0 Å². The van der Waals surface area contributed by atoms with E-state index in [2.05, 4.69) is 10.3 Å². The van der Waals surface area contributed by atoms with Crippen LogP contribution in [0, 0.1) is 18.3 Å². The van der Waals surface area contributed by atoms with Gasteiger partial charge in [0.25, 0.3) is 0 Å². The highest BCUT2D eigenvalue weighted by atomic mass is 32.1. The van der Waals surface area contributed by atoms with Crippen LogP contribution >= 0.6 is 11.3 Å². The van der Waals surface area contributed by atoms with Crippen molar-refractivity contribution in [1.29, 1.82) is 0 Å². The molecule has 2 aliphatic rings. The normalized spacial score (nSPS) is 24.4. The third-order valence-electron chi connectivity index (χ3n) is 4.53. The lowest BCUT2D eigenvalue weighted by atomic mass is 9.91. The second kappa shape index (κ2) is 4.87. The summed E-state index contributed by atoms with van der Waals surface area (Å²) in [5, 5.41) is 4.45. The molecule has 0 aromatic carbocycles. The number of nitrogens with zero attached hydrogens (tertiary/aromatic N) is 2. The topological polar surface area (TPSA) is 45.2 Å². The third kappa shape index (κ3) is 2.54. The van der Waals surface area contributed by atoms with Gasteiger partial charge in [-0.25, -0.2) is 4.98 Å². The molecule has 5 heteroatoms. The highest BCUT2D eigenvalue weighted by molar-refractivity contribution is 7.11. The Kier molecular flexibility index (Phi) is 3.35. The highest BCUT2D eigenvalue weighted by Gasteiger charge is 2.58. The fraction of sp³-hybridized carbons (Fsp3) is 0.714. The molecule has 1 aliphatic heterocycles. The zero-order valence-electron chi connectivity index (χ0n) is 11.6. The monoisotopic (exact) mass is 279 g/mol. The fourth-order valence-electron chi connectivity index (χ4n) is 3.23. The number of hydrogen-bond acceptors (Lipinski definition) is 4. The molecule has 19 heavy (non-hydrogen) atoms. The van der Waals surface area contributed by atoms with Gasteiger partial charge in [-0.15, -0.1) is 11.3 Å². The summed E-state index contributed by atoms with van der Waals surface area (Å²) in [5.41, 5.74) is 0.334. The Morgan fingerprint density at radius 1 is 1.58 bits per heavy atom. The Bertz CT molecular complexity index is 479. The van der Waals surface area contributed by atoms with Gasteiger partial charge < -0.3 is 10.2 Å². The molecule has 104 valence electrons. The number of thiazole rings is 1. The van der Waals surface area contributed by atoms with E-state index in [1.165, 1.54) is 4.88 Å². The van der Waals surface area contributed by atoms with E-state index in [0.717, 1.165) is 37.4 Å². The van der Waals surface area contributed by atoms with E-state index in [1.54, 1.807) is 11.3 Å². The molecule has 2 fully saturated rings. The molecule has 1 saturated heterocycles. The maximum Gasteiger partial charge on any atom is 0.226 e. The minimum absolute atomic E-state index is 0.272. The lowest BCUT2D eigenvalue weighted by Gasteiger charge is -2.25. The minimum Gasteiger partial charge on any atom is -0.340 e. The van der Waals surface area contributed by atoms with Crippen molar-refractivity contribution in [2.24, 2.45) is 11.3 Å². The van der Waals surface area contributed by atoms with E-state index >= 15 is 0 Å². The van der Waals surface area contributed by atoms with Crippen LogP contribution in [0.2, 0.25) is 0 Å². The molecule has 3 rings (SSSR count). The van der Waals surface area contributed by atoms with Gasteiger partial charge in [0.15, 0.2) is 0 Å².